The Morgan fingerprint density at radius 2 is 2.22 bits per heavy atom. The molecular weight excluding hydrogens is 252 g/mol. The van der Waals surface area contributed by atoms with E-state index in [0.717, 1.165) is 18.6 Å². The van der Waals surface area contributed by atoms with Crippen LogP contribution in [0.5, 0.6) is 0 Å². The molecule has 102 valence electrons. The summed E-state index contributed by atoms with van der Waals surface area (Å²) < 4.78 is 5.05. The van der Waals surface area contributed by atoms with Crippen LogP contribution < -0.4 is 5.73 Å². The molecule has 0 aromatic heterocycles. The summed E-state index contributed by atoms with van der Waals surface area (Å²) in [5.74, 6) is 1.27. The number of amides is 1. The number of thioether (sulfide) groups is 1. The van der Waals surface area contributed by atoms with Crippen molar-refractivity contribution in [2.75, 3.05) is 31.2 Å². The number of carbonyl (C=O) groups excluding carboxylic acids is 2. The molecule has 6 heteroatoms. The van der Waals surface area contributed by atoms with Gasteiger partial charge < -0.3 is 15.4 Å². The van der Waals surface area contributed by atoms with E-state index in [1.54, 1.807) is 23.6 Å². The van der Waals surface area contributed by atoms with Crippen LogP contribution in [0.1, 0.15) is 19.8 Å². The van der Waals surface area contributed by atoms with Gasteiger partial charge in [0.05, 0.1) is 12.0 Å². The van der Waals surface area contributed by atoms with Gasteiger partial charge in [-0.15, -0.1) is 0 Å². The lowest BCUT2D eigenvalue weighted by atomic mass is 10.0. The number of nitrogens with two attached hydrogens (primary N) is 1. The van der Waals surface area contributed by atoms with Gasteiger partial charge in [0.15, 0.2) is 0 Å². The van der Waals surface area contributed by atoms with Crippen LogP contribution in [0.25, 0.3) is 0 Å². The number of rotatable bonds is 4. The molecule has 0 spiro atoms. The second-order valence-corrected chi connectivity index (χ2v) is 5.98. The highest BCUT2D eigenvalue weighted by atomic mass is 32.2. The normalized spacial score (nSPS) is 25.7. The number of hydrogen-bond acceptors (Lipinski definition) is 5. The summed E-state index contributed by atoms with van der Waals surface area (Å²) in [7, 11) is 0. The highest BCUT2D eigenvalue weighted by Gasteiger charge is 2.52. The minimum Gasteiger partial charge on any atom is -0.464 e. The van der Waals surface area contributed by atoms with E-state index >= 15 is 0 Å². The molecule has 1 aliphatic carbocycles. The third-order valence-electron chi connectivity index (χ3n) is 3.65. The Morgan fingerprint density at radius 1 is 1.50 bits per heavy atom. The molecule has 0 radical (unpaired) electrons. The number of ether oxygens (including phenoxy) is 1. The van der Waals surface area contributed by atoms with E-state index in [-0.39, 0.29) is 17.3 Å². The lowest BCUT2D eigenvalue weighted by Crippen LogP contribution is -2.54. The first-order chi connectivity index (χ1) is 8.64. The monoisotopic (exact) mass is 272 g/mol. The average molecular weight is 272 g/mol. The molecule has 1 saturated heterocycles. The lowest BCUT2D eigenvalue weighted by molar-refractivity contribution is -0.155. The fraction of sp³-hybridized carbons (Fsp3) is 0.833. The topological polar surface area (TPSA) is 72.6 Å². The van der Waals surface area contributed by atoms with Gasteiger partial charge in [-0.25, -0.2) is 4.79 Å². The number of nitrogens with zero attached hydrogens (tertiary/aromatic N) is 1. The molecule has 1 atom stereocenters. The van der Waals surface area contributed by atoms with Crippen LogP contribution >= 0.6 is 11.8 Å². The first-order valence-electron chi connectivity index (χ1n) is 6.40. The fourth-order valence-corrected chi connectivity index (χ4v) is 3.27. The van der Waals surface area contributed by atoms with Crippen molar-refractivity contribution >= 4 is 23.6 Å². The molecule has 1 heterocycles. The van der Waals surface area contributed by atoms with Gasteiger partial charge in [-0.1, -0.05) is 0 Å². The maximum Gasteiger partial charge on any atom is 0.329 e. The predicted molar refractivity (Wildman–Crippen MR) is 70.2 cm³/mol. The van der Waals surface area contributed by atoms with E-state index in [9.17, 15) is 9.59 Å². The minimum atomic E-state index is -0.430. The van der Waals surface area contributed by atoms with Crippen LogP contribution in [0.2, 0.25) is 0 Å². The largest absolute Gasteiger partial charge is 0.464 e. The number of hydrogen-bond donors (Lipinski definition) is 1. The SMILES string of the molecule is CCOC(=O)C1CSCCN1C(=O)C1(CN)CC1. The quantitative estimate of drug-likeness (QED) is 0.742. The van der Waals surface area contributed by atoms with Gasteiger partial charge in [0.2, 0.25) is 5.91 Å². The summed E-state index contributed by atoms with van der Waals surface area (Å²) in [6.45, 7) is 3.13. The summed E-state index contributed by atoms with van der Waals surface area (Å²) in [6.07, 6.45) is 1.70. The number of esters is 1. The second-order valence-electron chi connectivity index (χ2n) is 4.83. The predicted octanol–water partition coefficient (Wildman–Crippen LogP) is 0.232. The van der Waals surface area contributed by atoms with Crippen molar-refractivity contribution in [1.82, 2.24) is 4.90 Å². The molecule has 2 fully saturated rings. The summed E-state index contributed by atoms with van der Waals surface area (Å²) in [5.41, 5.74) is 5.31. The maximum absolute atomic E-state index is 12.5. The van der Waals surface area contributed by atoms with Crippen molar-refractivity contribution in [3.05, 3.63) is 0 Å². The molecule has 2 rings (SSSR count). The summed E-state index contributed by atoms with van der Waals surface area (Å²) in [6, 6.07) is -0.430. The van der Waals surface area contributed by atoms with E-state index in [0.29, 0.717) is 25.4 Å². The molecule has 2 N–H and O–H groups in total. The van der Waals surface area contributed by atoms with Crippen LogP contribution in [-0.4, -0.2) is 54.0 Å². The van der Waals surface area contributed by atoms with E-state index in [2.05, 4.69) is 0 Å². The molecule has 1 aliphatic heterocycles. The molecular formula is C12H20N2O3S. The summed E-state index contributed by atoms with van der Waals surface area (Å²) in [5, 5.41) is 0. The van der Waals surface area contributed by atoms with Gasteiger partial charge in [0, 0.05) is 24.6 Å². The Hall–Kier alpha value is -0.750. The Kier molecular flexibility index (Phi) is 4.17. The van der Waals surface area contributed by atoms with Crippen molar-refractivity contribution in [2.45, 2.75) is 25.8 Å². The van der Waals surface area contributed by atoms with E-state index < -0.39 is 6.04 Å². The first-order valence-corrected chi connectivity index (χ1v) is 7.55. The first kappa shape index (κ1) is 13.7. The van der Waals surface area contributed by atoms with Gasteiger partial charge in [0.1, 0.15) is 6.04 Å². The molecule has 1 unspecified atom stereocenters. The maximum atomic E-state index is 12.5. The van der Waals surface area contributed by atoms with Crippen LogP contribution in [-0.2, 0) is 14.3 Å². The average Bonchev–Trinajstić information content (AvgIpc) is 3.19. The Morgan fingerprint density at radius 3 is 2.78 bits per heavy atom. The van der Waals surface area contributed by atoms with Gasteiger partial charge in [-0.2, -0.15) is 11.8 Å². The van der Waals surface area contributed by atoms with E-state index in [1.807, 2.05) is 0 Å². The third kappa shape index (κ3) is 2.49. The number of carbonyl (C=O) groups is 2. The molecule has 2 aliphatic rings. The highest BCUT2D eigenvalue weighted by molar-refractivity contribution is 7.99. The lowest BCUT2D eigenvalue weighted by Gasteiger charge is -2.35. The zero-order valence-corrected chi connectivity index (χ0v) is 11.5. The molecule has 0 bridgehead atoms. The highest BCUT2D eigenvalue weighted by Crippen LogP contribution is 2.46. The van der Waals surface area contributed by atoms with Gasteiger partial charge in [-0.3, -0.25) is 4.79 Å². The van der Waals surface area contributed by atoms with Crippen molar-refractivity contribution in [2.24, 2.45) is 11.1 Å². The van der Waals surface area contributed by atoms with Crippen molar-refractivity contribution in [3.63, 3.8) is 0 Å². The van der Waals surface area contributed by atoms with Crippen molar-refractivity contribution in [3.8, 4) is 0 Å². The molecule has 1 amide bonds. The fourth-order valence-electron chi connectivity index (χ4n) is 2.24. The minimum absolute atomic E-state index is 0.0448. The molecule has 18 heavy (non-hydrogen) atoms. The van der Waals surface area contributed by atoms with Crippen LogP contribution in [0.4, 0.5) is 0 Å². The zero-order chi connectivity index (χ0) is 13.2. The smallest absolute Gasteiger partial charge is 0.329 e. The molecule has 0 aromatic carbocycles. The third-order valence-corrected chi connectivity index (χ3v) is 4.67. The van der Waals surface area contributed by atoms with Crippen LogP contribution in [0, 0.1) is 5.41 Å². The molecule has 1 saturated carbocycles. The van der Waals surface area contributed by atoms with Crippen molar-refractivity contribution < 1.29 is 14.3 Å². The summed E-state index contributed by atoms with van der Waals surface area (Å²) in [4.78, 5) is 26.0. The molecule has 5 nitrogen and oxygen atoms in total. The molecule has 0 aromatic rings. The van der Waals surface area contributed by atoms with E-state index in [1.165, 1.54) is 0 Å². The Bertz CT molecular complexity index is 344. The zero-order valence-electron chi connectivity index (χ0n) is 10.7. The van der Waals surface area contributed by atoms with Crippen LogP contribution in [0.15, 0.2) is 0 Å². The van der Waals surface area contributed by atoms with Crippen molar-refractivity contribution in [1.29, 1.82) is 0 Å². The van der Waals surface area contributed by atoms with E-state index in [4.69, 9.17) is 10.5 Å². The Labute approximate surface area is 111 Å². The van der Waals surface area contributed by atoms with Crippen LogP contribution in [0.3, 0.4) is 0 Å². The second kappa shape index (κ2) is 5.48. The summed E-state index contributed by atoms with van der Waals surface area (Å²) >= 11 is 1.69. The Balaban J connectivity index is 2.08. The standard InChI is InChI=1S/C12H20N2O3S/c1-2-17-10(15)9-7-18-6-5-14(9)11(16)12(8-13)3-4-12/h9H,2-8,13H2,1H3. The van der Waals surface area contributed by atoms with Gasteiger partial charge >= 0.3 is 5.97 Å². The van der Waals surface area contributed by atoms with Gasteiger partial charge in [0.25, 0.3) is 0 Å². The van der Waals surface area contributed by atoms with Gasteiger partial charge in [-0.05, 0) is 19.8 Å².